The van der Waals surface area contributed by atoms with E-state index in [9.17, 15) is 19.8 Å². The molecule has 0 aliphatic carbocycles. The van der Waals surface area contributed by atoms with Gasteiger partial charge >= 0.3 is 5.69 Å². The molecule has 0 saturated carbocycles. The van der Waals surface area contributed by atoms with E-state index < -0.39 is 41.9 Å². The summed E-state index contributed by atoms with van der Waals surface area (Å²) in [5, 5.41) is 29.1. The predicted molar refractivity (Wildman–Crippen MR) is 62.1 cm³/mol. The van der Waals surface area contributed by atoms with Crippen LogP contribution in [0.2, 0.25) is 0 Å². The zero-order valence-corrected chi connectivity index (χ0v) is 9.68. The lowest BCUT2D eigenvalue weighted by molar-refractivity contribution is -0.0632. The normalized spacial score (nSPS) is 34.1. The van der Waals surface area contributed by atoms with Crippen molar-refractivity contribution in [3.8, 4) is 12.3 Å². The molecule has 1 aromatic heterocycles. The molecule has 0 spiro atoms. The first kappa shape index (κ1) is 13.5. The molecular formula is C11H12N2O6. The van der Waals surface area contributed by atoms with Crippen LogP contribution >= 0.6 is 0 Å². The van der Waals surface area contributed by atoms with Crippen molar-refractivity contribution in [3.05, 3.63) is 33.1 Å². The Balaban J connectivity index is 2.53. The van der Waals surface area contributed by atoms with Gasteiger partial charge in [-0.15, -0.1) is 6.42 Å². The van der Waals surface area contributed by atoms with Crippen molar-refractivity contribution in [1.82, 2.24) is 9.55 Å². The zero-order chi connectivity index (χ0) is 14.2. The maximum Gasteiger partial charge on any atom is 0.330 e. The summed E-state index contributed by atoms with van der Waals surface area (Å²) in [6.45, 7) is -0.673. The average Bonchev–Trinajstić information content (AvgIpc) is 2.64. The molecule has 0 radical (unpaired) electrons. The second-order valence-electron chi connectivity index (χ2n) is 4.10. The van der Waals surface area contributed by atoms with E-state index in [1.807, 2.05) is 5.92 Å². The molecule has 4 atom stereocenters. The van der Waals surface area contributed by atoms with Crippen LogP contribution in [0.3, 0.4) is 0 Å². The summed E-state index contributed by atoms with van der Waals surface area (Å²) in [7, 11) is 0. The van der Waals surface area contributed by atoms with Crippen LogP contribution in [-0.2, 0) is 4.74 Å². The van der Waals surface area contributed by atoms with Gasteiger partial charge in [-0.05, 0) is 0 Å². The third kappa shape index (κ3) is 1.89. The Morgan fingerprint density at radius 3 is 2.74 bits per heavy atom. The fraction of sp³-hybridized carbons (Fsp3) is 0.455. The summed E-state index contributed by atoms with van der Waals surface area (Å²) in [4.78, 5) is 25.4. The molecule has 1 aliphatic rings. The van der Waals surface area contributed by atoms with Gasteiger partial charge in [-0.1, -0.05) is 5.92 Å². The number of nitrogens with one attached hydrogen (secondary N) is 1. The van der Waals surface area contributed by atoms with E-state index in [1.165, 1.54) is 0 Å². The molecule has 2 rings (SSSR count). The van der Waals surface area contributed by atoms with Crippen LogP contribution in [0.25, 0.3) is 0 Å². The molecule has 1 aliphatic heterocycles. The molecular weight excluding hydrogens is 256 g/mol. The van der Waals surface area contributed by atoms with Crippen molar-refractivity contribution in [3.63, 3.8) is 0 Å². The molecule has 0 unspecified atom stereocenters. The van der Waals surface area contributed by atoms with Crippen LogP contribution < -0.4 is 11.2 Å². The number of H-pyrrole nitrogens is 1. The minimum Gasteiger partial charge on any atom is -0.394 e. The number of ether oxygens (including phenoxy) is 1. The van der Waals surface area contributed by atoms with Crippen LogP contribution in [0, 0.1) is 12.3 Å². The average molecular weight is 268 g/mol. The second-order valence-corrected chi connectivity index (χ2v) is 4.10. The Morgan fingerprint density at radius 2 is 2.26 bits per heavy atom. The summed E-state index contributed by atoms with van der Waals surface area (Å²) in [6, 6.07) is 1.05. The Hall–Kier alpha value is -1.92. The number of terminal acetylenes is 1. The highest BCUT2D eigenvalue weighted by molar-refractivity contribution is 5.19. The molecule has 8 nitrogen and oxygen atoms in total. The van der Waals surface area contributed by atoms with Gasteiger partial charge in [-0.2, -0.15) is 0 Å². The smallest absolute Gasteiger partial charge is 0.330 e. The SMILES string of the molecule is C#C[C@@]1(O)[C@@H](CO)O[C@@H](n2c(=O)cc[nH]c2=O)[C@@H]1O. The van der Waals surface area contributed by atoms with Gasteiger partial charge in [0.25, 0.3) is 5.56 Å². The monoisotopic (exact) mass is 268 g/mol. The van der Waals surface area contributed by atoms with Crippen molar-refractivity contribution < 1.29 is 20.1 Å². The number of hydrogen-bond donors (Lipinski definition) is 4. The number of aromatic nitrogens is 2. The summed E-state index contributed by atoms with van der Waals surface area (Å²) >= 11 is 0. The lowest BCUT2D eigenvalue weighted by Gasteiger charge is -2.23. The van der Waals surface area contributed by atoms with E-state index >= 15 is 0 Å². The Labute approximate surface area is 106 Å². The fourth-order valence-corrected chi connectivity index (χ4v) is 1.99. The summed E-state index contributed by atoms with van der Waals surface area (Å²) < 4.78 is 5.71. The van der Waals surface area contributed by atoms with E-state index in [2.05, 4.69) is 4.98 Å². The van der Waals surface area contributed by atoms with Crippen LogP contribution in [0.1, 0.15) is 6.23 Å². The standard InChI is InChI=1S/C11H12N2O6/c1-2-11(18)6(5-14)19-9(8(11)16)13-7(15)3-4-12-10(13)17/h1,3-4,6,8-9,14,16,18H,5H2,(H,12,17)/t6-,8+,9-,11-/m1/s1. The Kier molecular flexibility index (Phi) is 3.30. The first-order chi connectivity index (χ1) is 8.95. The van der Waals surface area contributed by atoms with E-state index in [0.717, 1.165) is 12.3 Å². The molecule has 0 aromatic carbocycles. The molecule has 4 N–H and O–H groups in total. The maximum absolute atomic E-state index is 11.6. The van der Waals surface area contributed by atoms with Gasteiger partial charge < -0.3 is 25.0 Å². The number of aliphatic hydroxyl groups is 3. The third-order valence-electron chi connectivity index (χ3n) is 3.06. The van der Waals surface area contributed by atoms with Gasteiger partial charge in [0.2, 0.25) is 0 Å². The van der Waals surface area contributed by atoms with Gasteiger partial charge in [0.15, 0.2) is 11.8 Å². The third-order valence-corrected chi connectivity index (χ3v) is 3.06. The Morgan fingerprint density at radius 1 is 1.58 bits per heavy atom. The Bertz CT molecular complexity index is 601. The zero-order valence-electron chi connectivity index (χ0n) is 9.68. The van der Waals surface area contributed by atoms with E-state index in [-0.39, 0.29) is 0 Å². The minimum atomic E-state index is -2.18. The molecule has 1 fully saturated rings. The van der Waals surface area contributed by atoms with Gasteiger partial charge in [0.1, 0.15) is 12.2 Å². The molecule has 102 valence electrons. The number of rotatable bonds is 2. The second kappa shape index (κ2) is 4.64. The molecule has 1 saturated heterocycles. The minimum absolute atomic E-state index is 0.586. The molecule has 0 bridgehead atoms. The molecule has 19 heavy (non-hydrogen) atoms. The van der Waals surface area contributed by atoms with E-state index in [0.29, 0.717) is 4.57 Å². The molecule has 2 heterocycles. The lowest BCUT2D eigenvalue weighted by Crippen LogP contribution is -2.49. The largest absolute Gasteiger partial charge is 0.394 e. The number of aromatic amines is 1. The topological polar surface area (TPSA) is 125 Å². The van der Waals surface area contributed by atoms with Crippen molar-refractivity contribution >= 4 is 0 Å². The molecule has 1 aromatic rings. The molecule has 0 amide bonds. The van der Waals surface area contributed by atoms with Crippen molar-refractivity contribution in [2.24, 2.45) is 0 Å². The van der Waals surface area contributed by atoms with Crippen LogP contribution in [0.15, 0.2) is 21.9 Å². The first-order valence-corrected chi connectivity index (χ1v) is 5.40. The fourth-order valence-electron chi connectivity index (χ4n) is 1.99. The quantitative estimate of drug-likeness (QED) is 0.428. The molecule has 8 heteroatoms. The maximum atomic E-state index is 11.6. The van der Waals surface area contributed by atoms with Crippen LogP contribution in [0.4, 0.5) is 0 Å². The number of nitrogens with zero attached hydrogens (tertiary/aromatic N) is 1. The summed E-state index contributed by atoms with van der Waals surface area (Å²) in [5.41, 5.74) is -3.73. The first-order valence-electron chi connectivity index (χ1n) is 5.40. The van der Waals surface area contributed by atoms with Gasteiger partial charge in [0, 0.05) is 12.3 Å². The van der Waals surface area contributed by atoms with Gasteiger partial charge in [-0.25, -0.2) is 9.36 Å². The van der Waals surface area contributed by atoms with Gasteiger partial charge in [-0.3, -0.25) is 4.79 Å². The van der Waals surface area contributed by atoms with Crippen molar-refractivity contribution in [2.75, 3.05) is 6.61 Å². The summed E-state index contributed by atoms with van der Waals surface area (Å²) in [5.74, 6) is 1.92. The lowest BCUT2D eigenvalue weighted by atomic mass is 9.93. The van der Waals surface area contributed by atoms with Crippen molar-refractivity contribution in [1.29, 1.82) is 0 Å². The highest BCUT2D eigenvalue weighted by Gasteiger charge is 2.55. The summed E-state index contributed by atoms with van der Waals surface area (Å²) in [6.07, 6.45) is 1.75. The van der Waals surface area contributed by atoms with Gasteiger partial charge in [0.05, 0.1) is 6.61 Å². The van der Waals surface area contributed by atoms with E-state index in [1.54, 1.807) is 0 Å². The number of aliphatic hydroxyl groups excluding tert-OH is 2. The van der Waals surface area contributed by atoms with Crippen LogP contribution in [0.5, 0.6) is 0 Å². The number of hydrogen-bond acceptors (Lipinski definition) is 6. The van der Waals surface area contributed by atoms with Crippen LogP contribution in [-0.4, -0.2) is 49.3 Å². The van der Waals surface area contributed by atoms with E-state index in [4.69, 9.17) is 16.3 Å². The van der Waals surface area contributed by atoms with Crippen molar-refractivity contribution in [2.45, 2.75) is 24.0 Å². The highest BCUT2D eigenvalue weighted by atomic mass is 16.6. The highest BCUT2D eigenvalue weighted by Crippen LogP contribution is 2.35. The predicted octanol–water partition coefficient (Wildman–Crippen LogP) is -2.85.